The Morgan fingerprint density at radius 1 is 0.703 bits per heavy atom. The molecule has 12 heteroatoms. The van der Waals surface area contributed by atoms with E-state index in [1.807, 2.05) is 42.5 Å². The Hall–Kier alpha value is -5.26. The van der Waals surface area contributed by atoms with Gasteiger partial charge in [0, 0.05) is 17.0 Å². The number of hydrogen-bond donors (Lipinski definition) is 2. The lowest BCUT2D eigenvalue weighted by Gasteiger charge is -2.22. The van der Waals surface area contributed by atoms with Crippen molar-refractivity contribution >= 4 is 12.4 Å². The summed E-state index contributed by atoms with van der Waals surface area (Å²) < 4.78 is 0. The number of hydrogen-bond acceptors (Lipinski definition) is 10. The third-order valence-electron chi connectivity index (χ3n) is 5.70. The second-order valence-corrected chi connectivity index (χ2v) is 8.20. The minimum atomic E-state index is -0.493. The first-order valence-electron chi connectivity index (χ1n) is 11.3. The fourth-order valence-corrected chi connectivity index (χ4v) is 3.85. The van der Waals surface area contributed by atoms with Crippen LogP contribution in [0.2, 0.25) is 0 Å². The second kappa shape index (κ2) is 10.2. The van der Waals surface area contributed by atoms with Crippen molar-refractivity contribution in [1.82, 2.24) is 40.6 Å². The zero-order valence-corrected chi connectivity index (χ0v) is 19.9. The lowest BCUT2D eigenvalue weighted by Crippen LogP contribution is -2.06. The van der Waals surface area contributed by atoms with Gasteiger partial charge in [0.05, 0.1) is 12.4 Å². The number of tetrazole rings is 2. The van der Waals surface area contributed by atoms with Gasteiger partial charge in [0.25, 0.3) is 0 Å². The first-order chi connectivity index (χ1) is 18.0. The van der Waals surface area contributed by atoms with E-state index >= 15 is 0 Å². The molecule has 184 valence electrons. The summed E-state index contributed by atoms with van der Waals surface area (Å²) in [4.78, 5) is 2.62. The first-order valence-corrected chi connectivity index (χ1v) is 11.3. The molecule has 0 spiro atoms. The summed E-state index contributed by atoms with van der Waals surface area (Å²) in [5.74, 6) is 0.739. The van der Waals surface area contributed by atoms with E-state index in [9.17, 15) is 10.2 Å². The minimum absolute atomic E-state index is 0.0763. The van der Waals surface area contributed by atoms with Gasteiger partial charge in [-0.2, -0.15) is 10.2 Å². The molecule has 37 heavy (non-hydrogen) atoms. The van der Waals surface area contributed by atoms with Crippen LogP contribution in [-0.2, 0) is 0 Å². The normalized spacial score (nSPS) is 11.8. The second-order valence-electron chi connectivity index (χ2n) is 8.20. The van der Waals surface area contributed by atoms with Gasteiger partial charge in [-0.15, -0.1) is 19.8 Å². The molecule has 0 amide bonds. The van der Waals surface area contributed by atoms with Crippen molar-refractivity contribution in [2.75, 3.05) is 0 Å². The maximum atomic E-state index is 10.9. The third-order valence-corrected chi connectivity index (χ3v) is 5.70. The number of phenols is 2. The summed E-state index contributed by atoms with van der Waals surface area (Å²) in [6.45, 7) is 3.48. The molecule has 5 aromatic rings. The standard InChI is InChI=1S/C25H22N10O2/c1-16-28-30-32-34(16)26-14-18-8-10-23(36)21(12-18)25(20-6-4-3-5-7-20)22-13-19(9-11-24(22)37)15-27-35-17(2)29-31-33-35/h3-15,25,36-37H,1-2H3/b26-14-,27-15-. The molecule has 2 heterocycles. The zero-order valence-electron chi connectivity index (χ0n) is 19.9. The molecule has 0 saturated carbocycles. The van der Waals surface area contributed by atoms with Crippen LogP contribution < -0.4 is 0 Å². The summed E-state index contributed by atoms with van der Waals surface area (Å²) in [6, 6.07) is 19.9. The Morgan fingerprint density at radius 2 is 1.19 bits per heavy atom. The van der Waals surface area contributed by atoms with Crippen molar-refractivity contribution in [2.45, 2.75) is 19.8 Å². The quantitative estimate of drug-likeness (QED) is 0.259. The van der Waals surface area contributed by atoms with Crippen LogP contribution in [0.5, 0.6) is 11.5 Å². The molecular formula is C25H22N10O2. The number of phenolic OH excluding ortho intramolecular Hbond substituents is 2. The molecule has 0 aliphatic heterocycles. The summed E-state index contributed by atoms with van der Waals surface area (Å²) in [5.41, 5.74) is 3.49. The highest BCUT2D eigenvalue weighted by Crippen LogP contribution is 2.40. The molecule has 0 radical (unpaired) electrons. The van der Waals surface area contributed by atoms with Gasteiger partial charge in [0.2, 0.25) is 0 Å². The third kappa shape index (κ3) is 5.07. The van der Waals surface area contributed by atoms with E-state index in [1.54, 1.807) is 50.5 Å². The van der Waals surface area contributed by atoms with E-state index in [0.29, 0.717) is 22.8 Å². The number of aromatic nitrogens is 8. The van der Waals surface area contributed by atoms with Crippen LogP contribution in [0.3, 0.4) is 0 Å². The van der Waals surface area contributed by atoms with E-state index in [2.05, 4.69) is 41.3 Å². The molecule has 0 atom stereocenters. The topological polar surface area (TPSA) is 152 Å². The fourth-order valence-electron chi connectivity index (χ4n) is 3.85. The molecule has 0 aliphatic rings. The Kier molecular flexibility index (Phi) is 6.45. The predicted molar refractivity (Wildman–Crippen MR) is 135 cm³/mol. The van der Waals surface area contributed by atoms with Gasteiger partial charge in [-0.3, -0.25) is 0 Å². The van der Waals surface area contributed by atoms with Gasteiger partial charge < -0.3 is 10.2 Å². The van der Waals surface area contributed by atoms with Gasteiger partial charge in [-0.25, -0.2) is 0 Å². The van der Waals surface area contributed by atoms with Gasteiger partial charge in [-0.05, 0) is 87.8 Å². The Morgan fingerprint density at radius 3 is 1.62 bits per heavy atom. The SMILES string of the molecule is Cc1nnnn1/N=C\c1ccc(O)c(C(c2ccccc2)c2cc(/C=N\n3nnnc3C)ccc2O)c1. The molecule has 2 N–H and O–H groups in total. The van der Waals surface area contributed by atoms with Crippen molar-refractivity contribution in [2.24, 2.45) is 10.2 Å². The summed E-state index contributed by atoms with van der Waals surface area (Å²) in [6.07, 6.45) is 3.21. The molecule has 0 bridgehead atoms. The lowest BCUT2D eigenvalue weighted by molar-refractivity contribution is 0.458. The van der Waals surface area contributed by atoms with Crippen molar-refractivity contribution in [3.8, 4) is 11.5 Å². The van der Waals surface area contributed by atoms with Gasteiger partial charge in [0.1, 0.15) is 11.5 Å². The molecule has 5 rings (SSSR count). The number of aryl methyl sites for hydroxylation is 2. The molecule has 0 unspecified atom stereocenters. The zero-order chi connectivity index (χ0) is 25.8. The van der Waals surface area contributed by atoms with E-state index in [-0.39, 0.29) is 11.5 Å². The van der Waals surface area contributed by atoms with Gasteiger partial charge in [-0.1, -0.05) is 30.3 Å². The van der Waals surface area contributed by atoms with Crippen LogP contribution >= 0.6 is 0 Å². The first kappa shape index (κ1) is 23.5. The van der Waals surface area contributed by atoms with Gasteiger partial charge >= 0.3 is 0 Å². The molecule has 3 aromatic carbocycles. The number of nitrogens with zero attached hydrogens (tertiary/aromatic N) is 10. The smallest absolute Gasteiger partial charge is 0.173 e. The van der Waals surface area contributed by atoms with Gasteiger partial charge in [0.15, 0.2) is 11.6 Å². The van der Waals surface area contributed by atoms with E-state index < -0.39 is 5.92 Å². The fraction of sp³-hybridized carbons (Fsp3) is 0.120. The molecule has 2 aromatic heterocycles. The Bertz CT molecular complexity index is 1490. The van der Waals surface area contributed by atoms with E-state index in [0.717, 1.165) is 16.7 Å². The van der Waals surface area contributed by atoms with Crippen LogP contribution in [0, 0.1) is 13.8 Å². The highest BCUT2D eigenvalue weighted by atomic mass is 16.3. The van der Waals surface area contributed by atoms with Crippen LogP contribution in [0.15, 0.2) is 76.9 Å². The Balaban J connectivity index is 1.59. The minimum Gasteiger partial charge on any atom is -0.508 e. The van der Waals surface area contributed by atoms with Crippen LogP contribution in [-0.4, -0.2) is 63.3 Å². The number of rotatable bonds is 7. The number of benzene rings is 3. The monoisotopic (exact) mass is 494 g/mol. The highest BCUT2D eigenvalue weighted by molar-refractivity contribution is 5.82. The Labute approximate surface area is 211 Å². The van der Waals surface area contributed by atoms with Crippen LogP contribution in [0.4, 0.5) is 0 Å². The van der Waals surface area contributed by atoms with E-state index in [4.69, 9.17) is 0 Å². The summed E-state index contributed by atoms with van der Waals surface area (Å²) in [7, 11) is 0. The predicted octanol–water partition coefficient (Wildman–Crippen LogP) is 2.63. The highest BCUT2D eigenvalue weighted by Gasteiger charge is 2.23. The average Bonchev–Trinajstić information content (AvgIpc) is 3.52. The van der Waals surface area contributed by atoms with Crippen molar-refractivity contribution < 1.29 is 10.2 Å². The lowest BCUT2D eigenvalue weighted by atomic mass is 9.83. The number of aromatic hydroxyl groups is 2. The molecule has 0 saturated heterocycles. The molecule has 0 fully saturated rings. The molecule has 12 nitrogen and oxygen atoms in total. The molecular weight excluding hydrogens is 472 g/mol. The average molecular weight is 495 g/mol. The van der Waals surface area contributed by atoms with Crippen molar-refractivity contribution in [3.63, 3.8) is 0 Å². The maximum absolute atomic E-state index is 10.9. The van der Waals surface area contributed by atoms with Crippen LogP contribution in [0.1, 0.15) is 45.4 Å². The summed E-state index contributed by atoms with van der Waals surface area (Å²) >= 11 is 0. The maximum Gasteiger partial charge on any atom is 0.173 e. The van der Waals surface area contributed by atoms with E-state index in [1.165, 1.54) is 9.58 Å². The largest absolute Gasteiger partial charge is 0.508 e. The van der Waals surface area contributed by atoms with Crippen molar-refractivity contribution in [1.29, 1.82) is 0 Å². The summed E-state index contributed by atoms with van der Waals surface area (Å²) in [5, 5.41) is 52.9. The van der Waals surface area contributed by atoms with Crippen molar-refractivity contribution in [3.05, 3.63) is 106 Å². The van der Waals surface area contributed by atoms with Crippen LogP contribution in [0.25, 0.3) is 0 Å². The molecule has 0 aliphatic carbocycles.